The summed E-state index contributed by atoms with van der Waals surface area (Å²) in [7, 11) is 5.11. The normalized spacial score (nSPS) is 20.9. The Hall–Kier alpha value is -6.03. The van der Waals surface area contributed by atoms with Crippen molar-refractivity contribution in [3.8, 4) is 0 Å². The van der Waals surface area contributed by atoms with Crippen molar-refractivity contribution in [1.82, 2.24) is 9.80 Å². The van der Waals surface area contributed by atoms with Crippen molar-refractivity contribution in [2.75, 3.05) is 28.4 Å². The van der Waals surface area contributed by atoms with Gasteiger partial charge in [-0.3, -0.25) is 19.2 Å². The average molecular weight is 910 g/mol. The number of aliphatic imine (C=N–C) groups is 2. The molecule has 0 unspecified atom stereocenters. The van der Waals surface area contributed by atoms with E-state index in [1.54, 1.807) is 60.7 Å². The second kappa shape index (κ2) is 22.5. The number of esters is 4. The van der Waals surface area contributed by atoms with Crippen molar-refractivity contribution in [2.24, 2.45) is 21.8 Å². The van der Waals surface area contributed by atoms with Crippen LogP contribution in [0.15, 0.2) is 131 Å². The van der Waals surface area contributed by atoms with Crippen LogP contribution in [0.1, 0.15) is 56.8 Å². The maximum absolute atomic E-state index is 12.6. The molecule has 0 radical (unpaired) electrons. The van der Waals surface area contributed by atoms with E-state index in [0.29, 0.717) is 11.1 Å². The molecule has 6 rings (SSSR count). The smallest absolute Gasteiger partial charge is 0.742 e. The van der Waals surface area contributed by atoms with E-state index in [2.05, 4.69) is 9.98 Å². The molecular weight excluding hydrogens is 867 g/mol. The van der Waals surface area contributed by atoms with Crippen LogP contribution in [0.2, 0.25) is 0 Å². The molecule has 2 heterocycles. The van der Waals surface area contributed by atoms with E-state index in [0.717, 1.165) is 11.1 Å². The topological polar surface area (TPSA) is 171 Å². The summed E-state index contributed by atoms with van der Waals surface area (Å²) in [5, 5.41) is -0.168. The minimum absolute atomic E-state index is 0. The van der Waals surface area contributed by atoms with Crippen molar-refractivity contribution >= 4 is 71.3 Å². The molecule has 0 saturated carbocycles. The van der Waals surface area contributed by atoms with Gasteiger partial charge >= 0.3 is 40.4 Å². The molecule has 0 aromatic heterocycles. The number of rotatable bonds is 8. The van der Waals surface area contributed by atoms with Gasteiger partial charge in [-0.1, -0.05) is 97.1 Å². The quantitative estimate of drug-likeness (QED) is 0.0577. The number of hydrogen-bond donors (Lipinski definition) is 0. The molecule has 2 fully saturated rings. The van der Waals surface area contributed by atoms with Gasteiger partial charge in [-0.05, 0) is 58.6 Å². The molecule has 61 heavy (non-hydrogen) atoms. The minimum Gasteiger partial charge on any atom is -0.742 e. The summed E-state index contributed by atoms with van der Waals surface area (Å²) in [6, 6.07) is 32.3. The Morgan fingerprint density at radius 2 is 0.754 bits per heavy atom. The molecule has 2 aliphatic rings. The van der Waals surface area contributed by atoms with Crippen LogP contribution in [-0.2, 0) is 79.9 Å². The van der Waals surface area contributed by atoms with Gasteiger partial charge in [-0.2, -0.15) is 0 Å². The maximum Gasteiger partial charge on any atom is 2.00 e. The SMILES string of the molecule is COC(=O)[C@H]1C[C@@H](C(=O)OC)N(C([S-])=NC(=O)c2ccccc2)[C@H]1c1ccccc1.COC(=O)[C@H]1C[C@@H](C(=O)OC)N(C([S-])=NC(=O)c2ccccc2)[C@H]1c1ccccc1.[Ni+2]. The van der Waals surface area contributed by atoms with Gasteiger partial charge in [0.05, 0.1) is 52.4 Å². The number of methoxy groups -OCH3 is 4. The molecule has 0 aliphatic carbocycles. The van der Waals surface area contributed by atoms with Crippen LogP contribution in [0.4, 0.5) is 0 Å². The number of ether oxygens (including phenoxy) is 4. The summed E-state index contributed by atoms with van der Waals surface area (Å²) in [6.07, 6.45) is 0.266. The van der Waals surface area contributed by atoms with Crippen LogP contribution in [0.25, 0.3) is 0 Å². The van der Waals surface area contributed by atoms with Crippen molar-refractivity contribution in [2.45, 2.75) is 37.0 Å². The van der Waals surface area contributed by atoms with E-state index < -0.39 is 71.7 Å². The summed E-state index contributed by atoms with van der Waals surface area (Å²) in [5.74, 6) is -4.49. The van der Waals surface area contributed by atoms with Gasteiger partial charge in [0.25, 0.3) is 11.8 Å². The molecule has 2 saturated heterocycles. The van der Waals surface area contributed by atoms with E-state index in [1.165, 1.54) is 38.2 Å². The number of amides is 2. The first-order chi connectivity index (χ1) is 28.9. The van der Waals surface area contributed by atoms with Crippen molar-refractivity contribution in [1.29, 1.82) is 0 Å². The molecule has 4 aromatic rings. The first-order valence-electron chi connectivity index (χ1n) is 18.6. The predicted octanol–water partition coefficient (Wildman–Crippen LogP) is 5.01. The number of nitrogens with zero attached hydrogens (tertiary/aromatic N) is 4. The molecule has 14 nitrogen and oxygen atoms in total. The Bertz CT molecular complexity index is 2060. The van der Waals surface area contributed by atoms with E-state index in [-0.39, 0.29) is 39.7 Å². The molecule has 2 amide bonds. The fourth-order valence-electron chi connectivity index (χ4n) is 7.36. The van der Waals surface area contributed by atoms with Crippen LogP contribution >= 0.6 is 0 Å². The van der Waals surface area contributed by atoms with Gasteiger partial charge in [0.1, 0.15) is 12.1 Å². The number of hydrogen-bond acceptors (Lipinski definition) is 12. The summed E-state index contributed by atoms with van der Waals surface area (Å²) >= 11 is 10.9. The van der Waals surface area contributed by atoms with Crippen molar-refractivity contribution in [3.63, 3.8) is 0 Å². The second-order valence-corrected chi connectivity index (χ2v) is 14.2. The Balaban J connectivity index is 0.000000264. The molecule has 0 spiro atoms. The number of likely N-dealkylation sites (tertiary alicyclic amines) is 2. The monoisotopic (exact) mass is 908 g/mol. The number of carbonyl (C=O) groups is 6. The zero-order valence-electron chi connectivity index (χ0n) is 33.4. The van der Waals surface area contributed by atoms with Crippen LogP contribution in [0, 0.1) is 11.8 Å². The Labute approximate surface area is 374 Å². The Morgan fingerprint density at radius 3 is 1.03 bits per heavy atom. The van der Waals surface area contributed by atoms with Gasteiger partial charge in [0.2, 0.25) is 0 Å². The molecule has 0 N–H and O–H groups in total. The zero-order valence-corrected chi connectivity index (χ0v) is 36.0. The number of amidine groups is 2. The summed E-state index contributed by atoms with van der Waals surface area (Å²) < 4.78 is 19.8. The van der Waals surface area contributed by atoms with E-state index in [4.69, 9.17) is 44.2 Å². The van der Waals surface area contributed by atoms with Crippen LogP contribution in [-0.4, -0.2) is 96.3 Å². The van der Waals surface area contributed by atoms with Gasteiger partial charge in [-0.25, -0.2) is 19.6 Å². The van der Waals surface area contributed by atoms with Crippen molar-refractivity contribution < 1.29 is 64.2 Å². The number of benzene rings is 4. The van der Waals surface area contributed by atoms with Gasteiger partial charge in [-0.15, -0.1) is 0 Å². The average Bonchev–Trinajstić information content (AvgIpc) is 3.90. The van der Waals surface area contributed by atoms with E-state index in [1.807, 2.05) is 60.7 Å². The summed E-state index contributed by atoms with van der Waals surface area (Å²) in [6.45, 7) is 0. The third-order valence-electron chi connectivity index (χ3n) is 10.1. The fourth-order valence-corrected chi connectivity index (χ4v) is 8.00. The standard InChI is InChI=1S/2C22H22N2O5S.Ni/c2*1-28-20(26)16-13-17(21(27)29-2)24(18(16)14-9-5-3-6-10-14)22(30)23-19(25)15-11-7-4-8-12-15;/h2*3-12,16-18H,13H2,1-2H3,(H,23,25,30);/q;;+2/p-2/t2*16-,17-,18-;/m00./s1. The van der Waals surface area contributed by atoms with Crippen LogP contribution < -0.4 is 0 Å². The first-order valence-corrected chi connectivity index (χ1v) is 19.4. The first kappa shape index (κ1) is 47.6. The molecule has 2 aliphatic heterocycles. The molecular formula is C44H42N4NiO10S2. The molecule has 320 valence electrons. The summed E-state index contributed by atoms with van der Waals surface area (Å²) in [4.78, 5) is 86.4. The van der Waals surface area contributed by atoms with Crippen molar-refractivity contribution in [3.05, 3.63) is 144 Å². The number of carbonyl (C=O) groups excluding carboxylic acids is 6. The predicted molar refractivity (Wildman–Crippen MR) is 225 cm³/mol. The van der Waals surface area contributed by atoms with E-state index >= 15 is 0 Å². The van der Waals surface area contributed by atoms with Crippen LogP contribution in [0.3, 0.4) is 0 Å². The fraction of sp³-hybridized carbons (Fsp3) is 0.273. The Morgan fingerprint density at radius 1 is 0.475 bits per heavy atom. The van der Waals surface area contributed by atoms with Gasteiger partial charge in [0, 0.05) is 11.1 Å². The molecule has 6 atom stereocenters. The minimum atomic E-state index is -0.871. The summed E-state index contributed by atoms with van der Waals surface area (Å²) in [5.41, 5.74) is 2.25. The van der Waals surface area contributed by atoms with Gasteiger partial charge < -0.3 is 54.0 Å². The molecule has 17 heteroatoms. The second-order valence-electron chi connectivity index (χ2n) is 13.5. The van der Waals surface area contributed by atoms with Gasteiger partial charge in [0.15, 0.2) is 0 Å². The van der Waals surface area contributed by atoms with Crippen LogP contribution in [0.5, 0.6) is 0 Å². The molecule has 0 bridgehead atoms. The maximum atomic E-state index is 12.6. The van der Waals surface area contributed by atoms with E-state index in [9.17, 15) is 28.8 Å². The largest absolute Gasteiger partial charge is 2.00 e. The molecule has 4 aromatic carbocycles. The third kappa shape index (κ3) is 11.2. The third-order valence-corrected chi connectivity index (χ3v) is 10.7. The Kier molecular flexibility index (Phi) is 17.6. The zero-order chi connectivity index (χ0) is 43.3.